The molecule has 0 N–H and O–H groups in total. The number of hydrogen-bond donors (Lipinski definition) is 0. The second-order valence-corrected chi connectivity index (χ2v) is 7.46. The summed E-state index contributed by atoms with van der Waals surface area (Å²) in [7, 11) is 0. The predicted octanol–water partition coefficient (Wildman–Crippen LogP) is 7.83. The summed E-state index contributed by atoms with van der Waals surface area (Å²) in [5, 5.41) is -0.621. The van der Waals surface area contributed by atoms with E-state index in [0.717, 1.165) is 25.1 Å². The number of fused-ring (bicyclic) bond motifs is 1. The van der Waals surface area contributed by atoms with Gasteiger partial charge in [-0.2, -0.15) is 61.5 Å². The van der Waals surface area contributed by atoms with Gasteiger partial charge in [-0.3, -0.25) is 0 Å². The molecule has 2 rings (SSSR count). The van der Waals surface area contributed by atoms with Gasteiger partial charge in [0.25, 0.3) is 0 Å². The van der Waals surface area contributed by atoms with Crippen molar-refractivity contribution in [3.05, 3.63) is 46.5 Å². The molecule has 0 saturated heterocycles. The molecular formula is C22H10F14. The van der Waals surface area contributed by atoms with Gasteiger partial charge >= 0.3 is 36.0 Å². The summed E-state index contributed by atoms with van der Waals surface area (Å²) in [5.41, 5.74) is -1.17. The molecule has 0 heterocycles. The van der Waals surface area contributed by atoms with Crippen molar-refractivity contribution >= 4 is 10.8 Å². The first kappa shape index (κ1) is 29.1. The van der Waals surface area contributed by atoms with Crippen molar-refractivity contribution in [2.45, 2.75) is 49.9 Å². The molecule has 14 heteroatoms. The van der Waals surface area contributed by atoms with Gasteiger partial charge in [-0.1, -0.05) is 35.6 Å². The molecule has 0 bridgehead atoms. The molecule has 0 spiro atoms. The summed E-state index contributed by atoms with van der Waals surface area (Å²) in [6, 6.07) is 4.17. The van der Waals surface area contributed by atoms with Crippen molar-refractivity contribution in [1.29, 1.82) is 0 Å². The zero-order valence-electron chi connectivity index (χ0n) is 17.6. The molecule has 0 atom stereocenters. The van der Waals surface area contributed by atoms with E-state index in [-0.39, 0.29) is 16.3 Å². The maximum atomic E-state index is 13.6. The van der Waals surface area contributed by atoms with Gasteiger partial charge in [0.2, 0.25) is 0 Å². The summed E-state index contributed by atoms with van der Waals surface area (Å²) >= 11 is 0. The van der Waals surface area contributed by atoms with Crippen molar-refractivity contribution in [3.63, 3.8) is 0 Å². The lowest BCUT2D eigenvalue weighted by atomic mass is 9.94. The highest BCUT2D eigenvalue weighted by Crippen LogP contribution is 2.47. The average Bonchev–Trinajstić information content (AvgIpc) is 2.69. The molecule has 196 valence electrons. The van der Waals surface area contributed by atoms with E-state index >= 15 is 0 Å². The second-order valence-electron chi connectivity index (χ2n) is 7.46. The Morgan fingerprint density at radius 2 is 1.00 bits per heavy atom. The van der Waals surface area contributed by atoms with Crippen molar-refractivity contribution in [2.24, 2.45) is 0 Å². The third kappa shape index (κ3) is 5.04. The van der Waals surface area contributed by atoms with Gasteiger partial charge < -0.3 is 0 Å². The lowest BCUT2D eigenvalue weighted by Gasteiger charge is -2.24. The van der Waals surface area contributed by atoms with Gasteiger partial charge in [0.1, 0.15) is 0 Å². The summed E-state index contributed by atoms with van der Waals surface area (Å²) in [4.78, 5) is 0. The van der Waals surface area contributed by atoms with E-state index in [0.29, 0.717) is 17.4 Å². The fourth-order valence-corrected chi connectivity index (χ4v) is 2.75. The molecule has 0 unspecified atom stereocenters. The van der Waals surface area contributed by atoms with Gasteiger partial charge in [-0.25, -0.2) is 0 Å². The predicted molar refractivity (Wildman–Crippen MR) is 99.1 cm³/mol. The van der Waals surface area contributed by atoms with Crippen LogP contribution in [-0.4, -0.2) is 36.0 Å². The molecule has 0 aromatic heterocycles. The van der Waals surface area contributed by atoms with E-state index in [2.05, 4.69) is 0 Å². The molecule has 0 fully saturated rings. The molecule has 2 aromatic carbocycles. The number of aryl methyl sites for hydroxylation is 2. The van der Waals surface area contributed by atoms with Crippen molar-refractivity contribution in [2.75, 3.05) is 0 Å². The largest absolute Gasteiger partial charge is 0.461 e. The number of alkyl halides is 14. The molecule has 0 aliphatic heterocycles. The fraction of sp³-hybridized carbons (Fsp3) is 0.364. The minimum absolute atomic E-state index is 0.311. The Morgan fingerprint density at radius 3 is 1.44 bits per heavy atom. The minimum atomic E-state index is -6.65. The average molecular weight is 540 g/mol. The highest BCUT2D eigenvalue weighted by molar-refractivity contribution is 5.94. The van der Waals surface area contributed by atoms with Crippen molar-refractivity contribution < 1.29 is 61.5 Å². The number of benzene rings is 2. The topological polar surface area (TPSA) is 0 Å². The van der Waals surface area contributed by atoms with E-state index in [1.54, 1.807) is 0 Å². The van der Waals surface area contributed by atoms with Gasteiger partial charge in [0.05, 0.1) is 0 Å². The SMILES string of the molecule is Cc1ccc2c(C#CC(F)(F)C(F)(F)C(F)(F)F)c(C)cc(C#CC(F)(F)C(F)(F)C(F)(F)F)c2c1. The van der Waals surface area contributed by atoms with E-state index in [1.807, 2.05) is 0 Å². The van der Waals surface area contributed by atoms with Crippen molar-refractivity contribution in [1.82, 2.24) is 0 Å². The van der Waals surface area contributed by atoms with Crippen LogP contribution in [0.1, 0.15) is 22.3 Å². The Labute approximate surface area is 193 Å². The molecule has 36 heavy (non-hydrogen) atoms. The summed E-state index contributed by atoms with van der Waals surface area (Å²) in [6.07, 6.45) is -13.3. The van der Waals surface area contributed by atoms with Gasteiger partial charge in [0, 0.05) is 11.1 Å². The second kappa shape index (κ2) is 8.75. The molecule has 2 aromatic rings. The van der Waals surface area contributed by atoms with Crippen LogP contribution in [0.15, 0.2) is 24.3 Å². The van der Waals surface area contributed by atoms with E-state index < -0.39 is 47.2 Å². The van der Waals surface area contributed by atoms with Crippen LogP contribution in [0.3, 0.4) is 0 Å². The Balaban J connectivity index is 2.75. The normalized spacial score (nSPS) is 13.7. The maximum Gasteiger partial charge on any atom is 0.461 e. The molecule has 0 nitrogen and oxygen atoms in total. The van der Waals surface area contributed by atoms with Crippen LogP contribution in [0.5, 0.6) is 0 Å². The van der Waals surface area contributed by atoms with Crippen LogP contribution in [0.4, 0.5) is 61.5 Å². The summed E-state index contributed by atoms with van der Waals surface area (Å²) in [6.45, 7) is 2.41. The zero-order chi connectivity index (χ0) is 28.1. The lowest BCUT2D eigenvalue weighted by Crippen LogP contribution is -2.51. The van der Waals surface area contributed by atoms with Gasteiger partial charge in [-0.05, 0) is 48.1 Å². The van der Waals surface area contributed by atoms with E-state index in [1.165, 1.54) is 24.8 Å². The maximum absolute atomic E-state index is 13.6. The molecular weight excluding hydrogens is 530 g/mol. The first-order valence-corrected chi connectivity index (χ1v) is 9.21. The highest BCUT2D eigenvalue weighted by atomic mass is 19.4. The van der Waals surface area contributed by atoms with Crippen molar-refractivity contribution in [3.8, 4) is 23.7 Å². The Morgan fingerprint density at radius 1 is 0.556 bits per heavy atom. The minimum Gasteiger partial charge on any atom is -0.188 e. The number of halogens is 14. The van der Waals surface area contributed by atoms with Crippen LogP contribution in [0.25, 0.3) is 10.8 Å². The van der Waals surface area contributed by atoms with Crippen LogP contribution >= 0.6 is 0 Å². The van der Waals surface area contributed by atoms with Crippen LogP contribution in [-0.2, 0) is 0 Å². The number of hydrogen-bond acceptors (Lipinski definition) is 0. The smallest absolute Gasteiger partial charge is 0.188 e. The quantitative estimate of drug-likeness (QED) is 0.269. The fourth-order valence-electron chi connectivity index (χ4n) is 2.75. The zero-order valence-corrected chi connectivity index (χ0v) is 17.6. The van der Waals surface area contributed by atoms with Crippen LogP contribution in [0, 0.1) is 37.5 Å². The summed E-state index contributed by atoms with van der Waals surface area (Å²) in [5.74, 6) is -20.8. The Kier molecular flexibility index (Phi) is 7.06. The first-order valence-electron chi connectivity index (χ1n) is 9.21. The highest BCUT2D eigenvalue weighted by Gasteiger charge is 2.73. The molecule has 0 radical (unpaired) electrons. The monoisotopic (exact) mass is 540 g/mol. The lowest BCUT2D eigenvalue weighted by molar-refractivity contribution is -0.339. The van der Waals surface area contributed by atoms with E-state index in [4.69, 9.17) is 0 Å². The molecule has 0 aliphatic carbocycles. The molecule has 0 aliphatic rings. The number of rotatable bonds is 2. The van der Waals surface area contributed by atoms with E-state index in [9.17, 15) is 61.5 Å². The standard InChI is InChI=1S/C22H10F14/c1-11-3-4-15-14(6-8-18(25,26)20(29,30)22(34,35)36)12(2)10-13(16(15)9-11)5-7-17(23,24)19(27,28)21(31,32)33/h3-4,9-10H,1-2H3. The molecule has 0 amide bonds. The molecule has 0 saturated carbocycles. The van der Waals surface area contributed by atoms with Crippen LogP contribution in [0.2, 0.25) is 0 Å². The van der Waals surface area contributed by atoms with Gasteiger partial charge in [0.15, 0.2) is 0 Å². The Bertz CT molecular complexity index is 1290. The first-order chi connectivity index (χ1) is 16.0. The van der Waals surface area contributed by atoms with Gasteiger partial charge in [-0.15, -0.1) is 0 Å². The van der Waals surface area contributed by atoms with Crippen LogP contribution < -0.4 is 0 Å². The Hall–Kier alpha value is -3.16. The third-order valence-electron chi connectivity index (χ3n) is 4.69. The third-order valence-corrected chi connectivity index (χ3v) is 4.69. The summed E-state index contributed by atoms with van der Waals surface area (Å²) < 4.78 is 181.